The molecule has 1 unspecified atom stereocenters. The van der Waals surface area contributed by atoms with E-state index in [-0.39, 0.29) is 17.3 Å². The summed E-state index contributed by atoms with van der Waals surface area (Å²) in [5.41, 5.74) is 0.168. The second kappa shape index (κ2) is 4.79. The molecule has 2 saturated heterocycles. The molecular weight excluding hydrogens is 255 g/mol. The molecule has 2 aliphatic rings. The summed E-state index contributed by atoms with van der Waals surface area (Å²) in [6.07, 6.45) is 5.68. The molecule has 0 bridgehead atoms. The van der Waals surface area contributed by atoms with Gasteiger partial charge in [-0.05, 0) is 40.5 Å². The maximum atomic E-state index is 5.98. The lowest BCUT2D eigenvalue weighted by molar-refractivity contribution is 0.00578. The van der Waals surface area contributed by atoms with Gasteiger partial charge in [-0.2, -0.15) is 0 Å². The molecule has 1 aromatic heterocycles. The van der Waals surface area contributed by atoms with Gasteiger partial charge in [0.15, 0.2) is 5.82 Å². The fourth-order valence-corrected chi connectivity index (χ4v) is 2.40. The number of hydrogen-bond donors (Lipinski definition) is 0. The van der Waals surface area contributed by atoms with E-state index in [1.165, 1.54) is 0 Å². The van der Waals surface area contributed by atoms with Crippen molar-refractivity contribution >= 4 is 12.6 Å². The van der Waals surface area contributed by atoms with Gasteiger partial charge in [0.1, 0.15) is 6.10 Å². The van der Waals surface area contributed by atoms with E-state index in [2.05, 4.69) is 9.97 Å². The van der Waals surface area contributed by atoms with E-state index in [0.717, 1.165) is 30.7 Å². The standard InChI is InChI=1S/C14H21BN2O3/c1-13(2)14(3,4)20-15(19-13)10-8-16-12(17-9-10)11-6-5-7-18-11/h8-9,11H,5-7H2,1-4H3. The average molecular weight is 276 g/mol. The van der Waals surface area contributed by atoms with E-state index in [1.54, 1.807) is 12.4 Å². The minimum Gasteiger partial charge on any atom is -0.399 e. The van der Waals surface area contributed by atoms with Crippen molar-refractivity contribution in [3.05, 3.63) is 18.2 Å². The lowest BCUT2D eigenvalue weighted by Crippen LogP contribution is -2.41. The van der Waals surface area contributed by atoms with Crippen LogP contribution in [0, 0.1) is 0 Å². The van der Waals surface area contributed by atoms with E-state index < -0.39 is 7.12 Å². The molecule has 0 radical (unpaired) electrons. The summed E-state index contributed by atoms with van der Waals surface area (Å²) in [5, 5.41) is 0. The van der Waals surface area contributed by atoms with Gasteiger partial charge in [-0.3, -0.25) is 0 Å². The van der Waals surface area contributed by atoms with Crippen LogP contribution in [0.3, 0.4) is 0 Å². The summed E-state index contributed by atoms with van der Waals surface area (Å²) in [7, 11) is -0.404. The third-order valence-corrected chi connectivity index (χ3v) is 4.43. The van der Waals surface area contributed by atoms with Crippen molar-refractivity contribution in [1.29, 1.82) is 0 Å². The lowest BCUT2D eigenvalue weighted by Gasteiger charge is -2.32. The monoisotopic (exact) mass is 276 g/mol. The Balaban J connectivity index is 1.75. The van der Waals surface area contributed by atoms with Gasteiger partial charge in [-0.25, -0.2) is 9.97 Å². The van der Waals surface area contributed by atoms with Crippen LogP contribution in [-0.2, 0) is 14.0 Å². The number of ether oxygens (including phenoxy) is 1. The summed E-state index contributed by atoms with van der Waals surface area (Å²) >= 11 is 0. The first-order valence-corrected chi connectivity index (χ1v) is 7.18. The normalized spacial score (nSPS) is 28.0. The highest BCUT2D eigenvalue weighted by Gasteiger charge is 2.51. The third kappa shape index (κ3) is 2.36. The summed E-state index contributed by atoms with van der Waals surface area (Å²) in [5.74, 6) is 0.753. The van der Waals surface area contributed by atoms with Gasteiger partial charge >= 0.3 is 7.12 Å². The first-order chi connectivity index (χ1) is 9.39. The highest BCUT2D eigenvalue weighted by Crippen LogP contribution is 2.36. The van der Waals surface area contributed by atoms with Crippen LogP contribution in [-0.4, -0.2) is 34.9 Å². The van der Waals surface area contributed by atoms with E-state index >= 15 is 0 Å². The predicted molar refractivity (Wildman–Crippen MR) is 75.7 cm³/mol. The van der Waals surface area contributed by atoms with Crippen LogP contribution in [0.15, 0.2) is 12.4 Å². The Bertz CT molecular complexity index is 468. The quantitative estimate of drug-likeness (QED) is 0.768. The Morgan fingerprint density at radius 2 is 1.70 bits per heavy atom. The Morgan fingerprint density at radius 3 is 2.20 bits per heavy atom. The third-order valence-electron chi connectivity index (χ3n) is 4.43. The second-order valence-corrected chi connectivity index (χ2v) is 6.46. The first-order valence-electron chi connectivity index (χ1n) is 7.18. The summed E-state index contributed by atoms with van der Waals surface area (Å²) < 4.78 is 17.5. The van der Waals surface area contributed by atoms with Crippen LogP contribution >= 0.6 is 0 Å². The van der Waals surface area contributed by atoms with Gasteiger partial charge in [0.05, 0.1) is 11.2 Å². The predicted octanol–water partition coefficient (Wildman–Crippen LogP) is 1.63. The Kier molecular flexibility index (Phi) is 3.35. The molecule has 3 heterocycles. The van der Waals surface area contributed by atoms with Crippen molar-refractivity contribution in [1.82, 2.24) is 9.97 Å². The maximum Gasteiger partial charge on any atom is 0.498 e. The number of rotatable bonds is 2. The highest BCUT2D eigenvalue weighted by molar-refractivity contribution is 6.61. The lowest BCUT2D eigenvalue weighted by atomic mass is 9.81. The summed E-state index contributed by atoms with van der Waals surface area (Å²) in [6, 6.07) is 0. The summed E-state index contributed by atoms with van der Waals surface area (Å²) in [4.78, 5) is 8.81. The fourth-order valence-electron chi connectivity index (χ4n) is 2.40. The molecule has 108 valence electrons. The van der Waals surface area contributed by atoms with Crippen molar-refractivity contribution in [2.45, 2.75) is 57.8 Å². The molecule has 0 amide bonds. The van der Waals surface area contributed by atoms with Gasteiger partial charge in [-0.1, -0.05) is 0 Å². The number of aromatic nitrogens is 2. The molecule has 0 aliphatic carbocycles. The van der Waals surface area contributed by atoms with E-state index in [0.29, 0.717) is 0 Å². The largest absolute Gasteiger partial charge is 0.498 e. The topological polar surface area (TPSA) is 53.5 Å². The Labute approximate surface area is 120 Å². The number of hydrogen-bond acceptors (Lipinski definition) is 5. The van der Waals surface area contributed by atoms with Crippen LogP contribution in [0.1, 0.15) is 52.5 Å². The van der Waals surface area contributed by atoms with Crippen molar-refractivity contribution in [2.24, 2.45) is 0 Å². The zero-order chi connectivity index (χ0) is 14.4. The van der Waals surface area contributed by atoms with Crippen molar-refractivity contribution in [3.63, 3.8) is 0 Å². The molecule has 0 N–H and O–H groups in total. The van der Waals surface area contributed by atoms with Gasteiger partial charge in [-0.15, -0.1) is 0 Å². The van der Waals surface area contributed by atoms with E-state index in [4.69, 9.17) is 14.0 Å². The fraction of sp³-hybridized carbons (Fsp3) is 0.714. The van der Waals surface area contributed by atoms with E-state index in [1.807, 2.05) is 27.7 Å². The first kappa shape index (κ1) is 14.0. The molecule has 2 aliphatic heterocycles. The molecule has 1 aromatic rings. The van der Waals surface area contributed by atoms with Crippen LogP contribution in [0.4, 0.5) is 0 Å². The smallest absolute Gasteiger partial charge is 0.399 e. The highest BCUT2D eigenvalue weighted by atomic mass is 16.7. The minimum absolute atomic E-state index is 0.0438. The van der Waals surface area contributed by atoms with E-state index in [9.17, 15) is 0 Å². The molecule has 0 spiro atoms. The van der Waals surface area contributed by atoms with Crippen molar-refractivity contribution in [2.75, 3.05) is 6.61 Å². The molecule has 6 heteroatoms. The summed E-state index contributed by atoms with van der Waals surface area (Å²) in [6.45, 7) is 8.94. The molecule has 3 rings (SSSR count). The Morgan fingerprint density at radius 1 is 1.10 bits per heavy atom. The van der Waals surface area contributed by atoms with Crippen LogP contribution < -0.4 is 5.46 Å². The Hall–Kier alpha value is -0.975. The van der Waals surface area contributed by atoms with Gasteiger partial charge in [0.2, 0.25) is 0 Å². The number of nitrogens with zero attached hydrogens (tertiary/aromatic N) is 2. The van der Waals surface area contributed by atoms with Crippen molar-refractivity contribution < 1.29 is 14.0 Å². The minimum atomic E-state index is -0.404. The molecule has 2 fully saturated rings. The SMILES string of the molecule is CC1(C)OB(c2cnc(C3CCCO3)nc2)OC1(C)C. The molecule has 0 aromatic carbocycles. The molecular formula is C14H21BN2O3. The molecule has 20 heavy (non-hydrogen) atoms. The van der Waals surface area contributed by atoms with Crippen molar-refractivity contribution in [3.8, 4) is 0 Å². The zero-order valence-corrected chi connectivity index (χ0v) is 12.5. The molecule has 1 atom stereocenters. The average Bonchev–Trinajstić information content (AvgIpc) is 2.97. The van der Waals surface area contributed by atoms with Gasteiger partial charge in [0.25, 0.3) is 0 Å². The van der Waals surface area contributed by atoms with Gasteiger partial charge in [0, 0.05) is 24.5 Å². The maximum absolute atomic E-state index is 5.98. The van der Waals surface area contributed by atoms with Crippen LogP contribution in [0.5, 0.6) is 0 Å². The zero-order valence-electron chi connectivity index (χ0n) is 12.5. The van der Waals surface area contributed by atoms with Gasteiger partial charge < -0.3 is 14.0 Å². The molecule has 5 nitrogen and oxygen atoms in total. The molecule has 0 saturated carbocycles. The second-order valence-electron chi connectivity index (χ2n) is 6.46. The van der Waals surface area contributed by atoms with Crippen LogP contribution in [0.2, 0.25) is 0 Å². The van der Waals surface area contributed by atoms with Crippen LogP contribution in [0.25, 0.3) is 0 Å².